The van der Waals surface area contributed by atoms with E-state index < -0.39 is 22.0 Å². The lowest BCUT2D eigenvalue weighted by Gasteiger charge is -2.35. The minimum absolute atomic E-state index is 0.0279. The fourth-order valence-electron chi connectivity index (χ4n) is 3.87. The minimum atomic E-state index is -4.21. The quantitative estimate of drug-likeness (QED) is 0.816. The van der Waals surface area contributed by atoms with Gasteiger partial charge in [-0.2, -0.15) is 4.31 Å². The molecule has 0 N–H and O–H groups in total. The smallest absolute Gasteiger partial charge is 0.319 e. The predicted octanol–water partition coefficient (Wildman–Crippen LogP) is 2.89. The maximum atomic E-state index is 12.9. The van der Waals surface area contributed by atoms with Crippen molar-refractivity contribution in [2.75, 3.05) is 6.54 Å². The molecule has 2 aliphatic heterocycles. The molecule has 2 fully saturated rings. The molecule has 2 aromatic carbocycles. The molecule has 0 radical (unpaired) electrons. The Morgan fingerprint density at radius 2 is 1.63 bits per heavy atom. The van der Waals surface area contributed by atoms with Gasteiger partial charge in [0.2, 0.25) is 5.91 Å². The number of aryl methyl sites for hydroxylation is 1. The Morgan fingerprint density at radius 1 is 0.963 bits per heavy atom. The summed E-state index contributed by atoms with van der Waals surface area (Å²) in [7, 11) is -4.21. The number of sulfonamides is 1. The van der Waals surface area contributed by atoms with E-state index in [1.807, 2.05) is 37.3 Å². The van der Waals surface area contributed by atoms with Crippen molar-refractivity contribution in [3.63, 3.8) is 0 Å². The van der Waals surface area contributed by atoms with E-state index in [2.05, 4.69) is 0 Å². The van der Waals surface area contributed by atoms with Gasteiger partial charge in [0, 0.05) is 24.9 Å². The predicted molar refractivity (Wildman–Crippen MR) is 99.5 cm³/mol. The largest absolute Gasteiger partial charge is 0.341 e. The van der Waals surface area contributed by atoms with Crippen LogP contribution in [0.3, 0.4) is 0 Å². The van der Waals surface area contributed by atoms with Crippen molar-refractivity contribution in [2.45, 2.75) is 36.6 Å². The second-order valence-electron chi connectivity index (χ2n) is 7.11. The summed E-state index contributed by atoms with van der Waals surface area (Å²) in [6.45, 7) is 2.26. The van der Waals surface area contributed by atoms with Crippen LogP contribution >= 0.6 is 0 Å². The van der Waals surface area contributed by atoms with Crippen molar-refractivity contribution in [2.24, 2.45) is 0 Å². The highest BCUT2D eigenvalue weighted by Crippen LogP contribution is 2.37. The van der Waals surface area contributed by atoms with Crippen LogP contribution in [0.25, 0.3) is 0 Å². The Balaban J connectivity index is 1.63. The van der Waals surface area contributed by atoms with E-state index >= 15 is 0 Å². The SMILES string of the molecule is Cc1ccc(S(=O)(=O)N2C(=O)CC3CC(c4ccccc4)CN3C2=O)cc1. The third-order valence-electron chi connectivity index (χ3n) is 5.30. The third-order valence-corrected chi connectivity index (χ3v) is 7.01. The van der Waals surface area contributed by atoms with Gasteiger partial charge in [0.05, 0.1) is 4.90 Å². The van der Waals surface area contributed by atoms with E-state index in [1.54, 1.807) is 12.1 Å². The highest BCUT2D eigenvalue weighted by atomic mass is 32.2. The molecule has 0 aromatic heterocycles. The van der Waals surface area contributed by atoms with Crippen LogP contribution in [0.1, 0.15) is 29.9 Å². The lowest BCUT2D eigenvalue weighted by atomic mass is 9.95. The number of nitrogens with zero attached hydrogens (tertiary/aromatic N) is 2. The first kappa shape index (κ1) is 17.7. The summed E-state index contributed by atoms with van der Waals surface area (Å²) in [5.41, 5.74) is 2.00. The van der Waals surface area contributed by atoms with Crippen molar-refractivity contribution in [3.05, 3.63) is 65.7 Å². The Labute approximate surface area is 158 Å². The van der Waals surface area contributed by atoms with Crippen molar-refractivity contribution in [1.29, 1.82) is 0 Å². The van der Waals surface area contributed by atoms with Crippen molar-refractivity contribution < 1.29 is 18.0 Å². The van der Waals surface area contributed by atoms with Gasteiger partial charge in [0.1, 0.15) is 0 Å². The maximum Gasteiger partial charge on any atom is 0.341 e. The Bertz CT molecular complexity index is 986. The Morgan fingerprint density at radius 3 is 2.30 bits per heavy atom. The second kappa shape index (κ2) is 6.49. The Hall–Kier alpha value is -2.67. The number of hydrogen-bond donors (Lipinski definition) is 0. The van der Waals surface area contributed by atoms with Gasteiger partial charge in [-0.1, -0.05) is 48.0 Å². The molecule has 0 spiro atoms. The van der Waals surface area contributed by atoms with Crippen LogP contribution in [-0.4, -0.2) is 42.1 Å². The summed E-state index contributed by atoms with van der Waals surface area (Å²) in [5.74, 6) is -0.550. The average molecular weight is 384 g/mol. The van der Waals surface area contributed by atoms with Crippen LogP contribution in [0.5, 0.6) is 0 Å². The summed E-state index contributed by atoms with van der Waals surface area (Å²) in [5, 5.41) is 0. The number of carbonyl (C=O) groups excluding carboxylic acids is 2. The zero-order valence-electron chi connectivity index (χ0n) is 14.9. The molecule has 2 saturated heterocycles. The van der Waals surface area contributed by atoms with E-state index in [9.17, 15) is 18.0 Å². The number of imide groups is 1. The molecule has 0 aliphatic carbocycles. The molecule has 2 aromatic rings. The zero-order chi connectivity index (χ0) is 19.2. The molecule has 27 heavy (non-hydrogen) atoms. The number of benzene rings is 2. The second-order valence-corrected chi connectivity index (χ2v) is 8.90. The first-order chi connectivity index (χ1) is 12.9. The van der Waals surface area contributed by atoms with Gasteiger partial charge in [-0.15, -0.1) is 0 Å². The van der Waals surface area contributed by atoms with Gasteiger partial charge in [-0.3, -0.25) is 4.79 Å². The van der Waals surface area contributed by atoms with Crippen LogP contribution in [0.2, 0.25) is 0 Å². The van der Waals surface area contributed by atoms with Crippen LogP contribution in [0, 0.1) is 6.92 Å². The van der Waals surface area contributed by atoms with Gasteiger partial charge < -0.3 is 4.90 Å². The van der Waals surface area contributed by atoms with Crippen LogP contribution in [0.4, 0.5) is 4.79 Å². The molecule has 0 saturated carbocycles. The molecule has 2 atom stereocenters. The molecule has 0 bridgehead atoms. The van der Waals surface area contributed by atoms with E-state index in [-0.39, 0.29) is 23.3 Å². The summed E-state index contributed by atoms with van der Waals surface area (Å²) in [6.07, 6.45) is 0.695. The van der Waals surface area contributed by atoms with Crippen LogP contribution < -0.4 is 0 Å². The van der Waals surface area contributed by atoms with E-state index in [1.165, 1.54) is 17.0 Å². The molecule has 2 aliphatic rings. The summed E-state index contributed by atoms with van der Waals surface area (Å²) in [6, 6.07) is 15.0. The number of urea groups is 1. The highest BCUT2D eigenvalue weighted by molar-refractivity contribution is 7.90. The van der Waals surface area contributed by atoms with Crippen molar-refractivity contribution >= 4 is 22.0 Å². The molecule has 2 unspecified atom stereocenters. The lowest BCUT2D eigenvalue weighted by molar-refractivity contribution is -0.127. The topological polar surface area (TPSA) is 74.8 Å². The molecule has 140 valence electrons. The first-order valence-corrected chi connectivity index (χ1v) is 10.3. The van der Waals surface area contributed by atoms with E-state index in [0.29, 0.717) is 17.3 Å². The fraction of sp³-hybridized carbons (Fsp3) is 0.300. The zero-order valence-corrected chi connectivity index (χ0v) is 15.7. The van der Waals surface area contributed by atoms with Gasteiger partial charge in [0.25, 0.3) is 10.0 Å². The molecule has 6 nitrogen and oxygen atoms in total. The van der Waals surface area contributed by atoms with Crippen molar-refractivity contribution in [3.8, 4) is 0 Å². The van der Waals surface area contributed by atoms with Crippen LogP contribution in [0.15, 0.2) is 59.5 Å². The monoisotopic (exact) mass is 384 g/mol. The summed E-state index contributed by atoms with van der Waals surface area (Å²) < 4.78 is 26.3. The van der Waals surface area contributed by atoms with E-state index in [0.717, 1.165) is 11.1 Å². The van der Waals surface area contributed by atoms with Gasteiger partial charge >= 0.3 is 6.03 Å². The number of fused-ring (bicyclic) bond motifs is 1. The number of carbonyl (C=O) groups is 2. The summed E-state index contributed by atoms with van der Waals surface area (Å²) >= 11 is 0. The normalized spacial score (nSPS) is 22.9. The van der Waals surface area contributed by atoms with Crippen molar-refractivity contribution in [1.82, 2.24) is 9.21 Å². The minimum Gasteiger partial charge on any atom is -0.319 e. The Kier molecular flexibility index (Phi) is 4.26. The molecule has 3 amide bonds. The molecular formula is C20H20N2O4S. The summed E-state index contributed by atoms with van der Waals surface area (Å²) in [4.78, 5) is 27.0. The number of rotatable bonds is 3. The molecular weight excluding hydrogens is 364 g/mol. The highest BCUT2D eigenvalue weighted by Gasteiger charge is 2.49. The molecule has 4 rings (SSSR count). The van der Waals surface area contributed by atoms with E-state index in [4.69, 9.17) is 0 Å². The maximum absolute atomic E-state index is 12.9. The van der Waals surface area contributed by atoms with Gasteiger partial charge in [-0.05, 0) is 31.0 Å². The number of hydrogen-bond acceptors (Lipinski definition) is 4. The van der Waals surface area contributed by atoms with Gasteiger partial charge in [0.15, 0.2) is 0 Å². The first-order valence-electron chi connectivity index (χ1n) is 8.88. The van der Waals surface area contributed by atoms with Gasteiger partial charge in [-0.25, -0.2) is 13.2 Å². The average Bonchev–Trinajstić information content (AvgIpc) is 3.07. The fourth-order valence-corrected chi connectivity index (χ4v) is 5.22. The molecule has 7 heteroatoms. The third kappa shape index (κ3) is 3.02. The van der Waals surface area contributed by atoms with Crippen LogP contribution in [-0.2, 0) is 14.8 Å². The number of amides is 3. The molecule has 2 heterocycles. The lowest BCUT2D eigenvalue weighted by Crippen LogP contribution is -2.56. The standard InChI is InChI=1S/C20H20N2O4S/c1-14-7-9-18(10-8-14)27(25,26)22-19(23)12-17-11-16(13-21(17)20(22)24)15-5-3-2-4-6-15/h2-10,16-17H,11-13H2,1H3.